The van der Waals surface area contributed by atoms with Gasteiger partial charge in [0.2, 0.25) is 0 Å². The van der Waals surface area contributed by atoms with E-state index in [0.717, 1.165) is 5.56 Å². The summed E-state index contributed by atoms with van der Waals surface area (Å²) >= 11 is 0. The molecule has 1 atom stereocenters. The van der Waals surface area contributed by atoms with Gasteiger partial charge in [-0.15, -0.1) is 0 Å². The molecule has 0 unspecified atom stereocenters. The van der Waals surface area contributed by atoms with Crippen LogP contribution in [0.5, 0.6) is 0 Å². The van der Waals surface area contributed by atoms with Crippen molar-refractivity contribution in [1.29, 1.82) is 0 Å². The summed E-state index contributed by atoms with van der Waals surface area (Å²) in [5.74, 6) is 0. The molecule has 0 spiro atoms. The number of alkyl halides is 3. The third-order valence-electron chi connectivity index (χ3n) is 3.92. The number of hydrogen-bond acceptors (Lipinski definition) is 2. The van der Waals surface area contributed by atoms with Gasteiger partial charge in [-0.2, -0.15) is 13.2 Å². The highest BCUT2D eigenvalue weighted by atomic mass is 19.4. The second-order valence-corrected chi connectivity index (χ2v) is 6.60. The number of benzene rings is 1. The summed E-state index contributed by atoms with van der Waals surface area (Å²) < 4.78 is 40.4. The van der Waals surface area contributed by atoms with Crippen molar-refractivity contribution in [2.75, 3.05) is 26.2 Å². The Morgan fingerprint density at radius 2 is 1.52 bits per heavy atom. The molecule has 0 bridgehead atoms. The van der Waals surface area contributed by atoms with Crippen molar-refractivity contribution < 1.29 is 13.2 Å². The maximum Gasteiger partial charge on any atom is 0.408 e. The molecule has 5 heteroatoms. The zero-order valence-electron chi connectivity index (χ0n) is 12.8. The minimum Gasteiger partial charge on any atom is -0.314 e. The molecule has 1 saturated heterocycles. The zero-order chi connectivity index (χ0) is 15.7. The topological polar surface area (TPSA) is 15.3 Å². The van der Waals surface area contributed by atoms with E-state index in [2.05, 4.69) is 26.1 Å². The molecule has 2 nitrogen and oxygen atoms in total. The quantitative estimate of drug-likeness (QED) is 0.899. The van der Waals surface area contributed by atoms with Crippen LogP contribution >= 0.6 is 0 Å². The van der Waals surface area contributed by atoms with Crippen LogP contribution in [0.25, 0.3) is 0 Å². The summed E-state index contributed by atoms with van der Waals surface area (Å²) in [5.41, 5.74) is 1.33. The van der Waals surface area contributed by atoms with Crippen LogP contribution in [0.15, 0.2) is 24.3 Å². The monoisotopic (exact) mass is 300 g/mol. The zero-order valence-corrected chi connectivity index (χ0v) is 12.8. The van der Waals surface area contributed by atoms with E-state index in [1.54, 1.807) is 12.1 Å². The maximum atomic E-state index is 13.5. The van der Waals surface area contributed by atoms with Crippen LogP contribution in [0, 0.1) is 0 Å². The van der Waals surface area contributed by atoms with E-state index in [9.17, 15) is 13.2 Å². The summed E-state index contributed by atoms with van der Waals surface area (Å²) in [4.78, 5) is 1.52. The molecule has 0 aromatic heterocycles. The smallest absolute Gasteiger partial charge is 0.314 e. The number of nitrogens with zero attached hydrogens (tertiary/aromatic N) is 1. The summed E-state index contributed by atoms with van der Waals surface area (Å²) in [5, 5.41) is 3.09. The van der Waals surface area contributed by atoms with E-state index in [-0.39, 0.29) is 5.41 Å². The normalized spacial score (nSPS) is 19.5. The second-order valence-electron chi connectivity index (χ2n) is 6.60. The number of nitrogens with one attached hydrogen (secondary N) is 1. The SMILES string of the molecule is CC(C)(C)c1ccc([C@@H](N2CCNCC2)C(F)(F)F)cc1. The molecule has 0 saturated carbocycles. The third-order valence-corrected chi connectivity index (χ3v) is 3.92. The van der Waals surface area contributed by atoms with Gasteiger partial charge in [0.15, 0.2) is 0 Å². The largest absolute Gasteiger partial charge is 0.408 e. The fraction of sp³-hybridized carbons (Fsp3) is 0.625. The van der Waals surface area contributed by atoms with Crippen LogP contribution in [0.3, 0.4) is 0 Å². The lowest BCUT2D eigenvalue weighted by Crippen LogP contribution is -2.49. The molecule has 1 aromatic rings. The van der Waals surface area contributed by atoms with Crippen LogP contribution < -0.4 is 5.32 Å². The average Bonchev–Trinajstić information content (AvgIpc) is 2.38. The highest BCUT2D eigenvalue weighted by Crippen LogP contribution is 2.38. The van der Waals surface area contributed by atoms with Crippen molar-refractivity contribution >= 4 is 0 Å². The van der Waals surface area contributed by atoms with Crippen LogP contribution in [0.2, 0.25) is 0 Å². The van der Waals surface area contributed by atoms with Crippen LogP contribution in [0.4, 0.5) is 13.2 Å². The number of hydrogen-bond donors (Lipinski definition) is 1. The maximum absolute atomic E-state index is 13.5. The third kappa shape index (κ3) is 3.98. The first-order valence-corrected chi connectivity index (χ1v) is 7.31. The highest BCUT2D eigenvalue weighted by molar-refractivity contribution is 5.30. The Morgan fingerprint density at radius 1 is 1.00 bits per heavy atom. The molecular formula is C16H23F3N2. The van der Waals surface area contributed by atoms with Crippen molar-refractivity contribution in [3.05, 3.63) is 35.4 Å². The Bertz CT molecular complexity index is 454. The number of halogens is 3. The van der Waals surface area contributed by atoms with Gasteiger partial charge >= 0.3 is 6.18 Å². The van der Waals surface area contributed by atoms with Crippen molar-refractivity contribution in [1.82, 2.24) is 10.2 Å². The van der Waals surface area contributed by atoms with E-state index in [1.807, 2.05) is 12.1 Å². The molecule has 21 heavy (non-hydrogen) atoms. The minimum absolute atomic E-state index is 0.0543. The lowest BCUT2D eigenvalue weighted by molar-refractivity contribution is -0.187. The number of rotatable bonds is 2. The van der Waals surface area contributed by atoms with E-state index in [0.29, 0.717) is 31.7 Å². The second kappa shape index (κ2) is 5.97. The Morgan fingerprint density at radius 3 is 1.95 bits per heavy atom. The standard InChI is InChI=1S/C16H23F3N2/c1-15(2,3)13-6-4-12(5-7-13)14(16(17,18)19)21-10-8-20-9-11-21/h4-7,14,20H,8-11H2,1-3H3/t14-/m1/s1. The van der Waals surface area contributed by atoms with Gasteiger partial charge in [0.05, 0.1) is 0 Å². The molecule has 1 heterocycles. The first kappa shape index (κ1) is 16.3. The van der Waals surface area contributed by atoms with Gasteiger partial charge in [-0.25, -0.2) is 0 Å². The predicted octanol–water partition coefficient (Wildman–Crippen LogP) is 3.49. The van der Waals surface area contributed by atoms with Crippen LogP contribution in [-0.2, 0) is 5.41 Å². The fourth-order valence-corrected chi connectivity index (χ4v) is 2.71. The van der Waals surface area contributed by atoms with E-state index in [1.165, 1.54) is 4.90 Å². The molecule has 0 aliphatic carbocycles. The minimum atomic E-state index is -4.25. The van der Waals surface area contributed by atoms with Crippen molar-refractivity contribution in [3.8, 4) is 0 Å². The van der Waals surface area contributed by atoms with Gasteiger partial charge in [0, 0.05) is 26.2 Å². The molecule has 118 valence electrons. The van der Waals surface area contributed by atoms with Gasteiger partial charge in [-0.05, 0) is 16.5 Å². The fourth-order valence-electron chi connectivity index (χ4n) is 2.71. The average molecular weight is 300 g/mol. The molecule has 0 radical (unpaired) electrons. The van der Waals surface area contributed by atoms with Crippen molar-refractivity contribution in [3.63, 3.8) is 0 Å². The van der Waals surface area contributed by atoms with Gasteiger partial charge in [0.25, 0.3) is 0 Å². The molecular weight excluding hydrogens is 277 g/mol. The Balaban J connectivity index is 2.29. The van der Waals surface area contributed by atoms with Crippen LogP contribution in [0.1, 0.15) is 37.9 Å². The van der Waals surface area contributed by atoms with Gasteiger partial charge in [-0.1, -0.05) is 45.0 Å². The summed E-state index contributed by atoms with van der Waals surface area (Å²) in [6.07, 6.45) is -4.25. The molecule has 1 N–H and O–H groups in total. The molecule has 1 aromatic carbocycles. The van der Waals surface area contributed by atoms with E-state index in [4.69, 9.17) is 0 Å². The Kier molecular flexibility index (Phi) is 4.63. The first-order valence-electron chi connectivity index (χ1n) is 7.31. The molecule has 1 fully saturated rings. The molecule has 1 aliphatic heterocycles. The summed E-state index contributed by atoms with van der Waals surface area (Å²) in [7, 11) is 0. The predicted molar refractivity (Wildman–Crippen MR) is 78.4 cm³/mol. The number of piperazine rings is 1. The van der Waals surface area contributed by atoms with Gasteiger partial charge in [0.1, 0.15) is 6.04 Å². The lowest BCUT2D eigenvalue weighted by Gasteiger charge is -2.36. The molecule has 1 aliphatic rings. The molecule has 0 amide bonds. The van der Waals surface area contributed by atoms with Crippen LogP contribution in [-0.4, -0.2) is 37.3 Å². The van der Waals surface area contributed by atoms with E-state index < -0.39 is 12.2 Å². The first-order chi connectivity index (χ1) is 9.69. The van der Waals surface area contributed by atoms with Crippen molar-refractivity contribution in [2.45, 2.75) is 38.4 Å². The van der Waals surface area contributed by atoms with Gasteiger partial charge < -0.3 is 5.32 Å². The summed E-state index contributed by atoms with van der Waals surface area (Å²) in [6, 6.07) is 5.38. The van der Waals surface area contributed by atoms with Gasteiger partial charge in [-0.3, -0.25) is 4.90 Å². The Hall–Kier alpha value is -1.07. The Labute approximate surface area is 124 Å². The highest BCUT2D eigenvalue weighted by Gasteiger charge is 2.44. The van der Waals surface area contributed by atoms with Crippen molar-refractivity contribution in [2.24, 2.45) is 0 Å². The lowest BCUT2D eigenvalue weighted by atomic mass is 9.86. The summed E-state index contributed by atoms with van der Waals surface area (Å²) in [6.45, 7) is 8.22. The van der Waals surface area contributed by atoms with E-state index >= 15 is 0 Å². The molecule has 2 rings (SSSR count).